The van der Waals surface area contributed by atoms with Gasteiger partial charge in [-0.2, -0.15) is 0 Å². The molecule has 5 heteroatoms. The zero-order chi connectivity index (χ0) is 16.2. The number of para-hydroxylation sites is 1. The molecule has 0 aromatic heterocycles. The standard InChI is InChI=1S/C18H18FNO3/c19-14-10-15(12-21)20(11-14)18(22)13-6-8-17(9-7-13)23-16-4-2-1-3-5-16/h1-9,14-15,21H,10-12H2/t14-,15-/m0/s1. The summed E-state index contributed by atoms with van der Waals surface area (Å²) in [6, 6.07) is 15.6. The predicted octanol–water partition coefficient (Wildman–Crippen LogP) is 3.02. The normalized spacial score (nSPS) is 20.5. The number of ether oxygens (including phenoxy) is 1. The van der Waals surface area contributed by atoms with Crippen molar-refractivity contribution in [2.75, 3.05) is 13.2 Å². The summed E-state index contributed by atoms with van der Waals surface area (Å²) in [7, 11) is 0. The van der Waals surface area contributed by atoms with Crippen molar-refractivity contribution in [3.8, 4) is 11.5 Å². The van der Waals surface area contributed by atoms with Crippen LogP contribution in [0.25, 0.3) is 0 Å². The van der Waals surface area contributed by atoms with Crippen molar-refractivity contribution in [1.29, 1.82) is 0 Å². The van der Waals surface area contributed by atoms with Gasteiger partial charge in [-0.25, -0.2) is 4.39 Å². The number of alkyl halides is 1. The Bertz CT molecular complexity index is 660. The van der Waals surface area contributed by atoms with Crippen molar-refractivity contribution < 1.29 is 19.0 Å². The number of aliphatic hydroxyl groups excluding tert-OH is 1. The van der Waals surface area contributed by atoms with Crippen molar-refractivity contribution in [2.24, 2.45) is 0 Å². The lowest BCUT2D eigenvalue weighted by atomic mass is 10.1. The first-order valence-electron chi connectivity index (χ1n) is 7.56. The molecule has 1 saturated heterocycles. The van der Waals surface area contributed by atoms with E-state index in [2.05, 4.69) is 0 Å². The summed E-state index contributed by atoms with van der Waals surface area (Å²) < 4.78 is 19.1. The second-order valence-electron chi connectivity index (χ2n) is 5.57. The van der Waals surface area contributed by atoms with Gasteiger partial charge in [-0.1, -0.05) is 18.2 Å². The second-order valence-corrected chi connectivity index (χ2v) is 5.57. The Labute approximate surface area is 134 Å². The minimum Gasteiger partial charge on any atom is -0.457 e. The molecule has 1 heterocycles. The van der Waals surface area contributed by atoms with Gasteiger partial charge in [0.1, 0.15) is 17.7 Å². The molecule has 1 N–H and O–H groups in total. The molecule has 0 unspecified atom stereocenters. The largest absolute Gasteiger partial charge is 0.457 e. The molecule has 120 valence electrons. The number of rotatable bonds is 4. The van der Waals surface area contributed by atoms with Crippen molar-refractivity contribution >= 4 is 5.91 Å². The van der Waals surface area contributed by atoms with Crippen LogP contribution in [0.5, 0.6) is 11.5 Å². The lowest BCUT2D eigenvalue weighted by Crippen LogP contribution is -2.37. The monoisotopic (exact) mass is 315 g/mol. The van der Waals surface area contributed by atoms with Gasteiger partial charge < -0.3 is 14.7 Å². The van der Waals surface area contributed by atoms with Crippen molar-refractivity contribution in [3.63, 3.8) is 0 Å². The maximum Gasteiger partial charge on any atom is 0.254 e. The summed E-state index contributed by atoms with van der Waals surface area (Å²) in [5, 5.41) is 9.28. The summed E-state index contributed by atoms with van der Waals surface area (Å²) in [6.07, 6.45) is -0.881. The number of nitrogens with zero attached hydrogens (tertiary/aromatic N) is 1. The molecule has 1 aliphatic heterocycles. The Morgan fingerprint density at radius 1 is 1.13 bits per heavy atom. The molecule has 2 aromatic rings. The molecule has 1 aliphatic rings. The van der Waals surface area contributed by atoms with Crippen LogP contribution < -0.4 is 4.74 Å². The first-order chi connectivity index (χ1) is 11.2. The summed E-state index contributed by atoms with van der Waals surface area (Å²) in [4.78, 5) is 13.8. The van der Waals surface area contributed by atoms with E-state index in [0.717, 1.165) is 0 Å². The van der Waals surface area contributed by atoms with E-state index in [0.29, 0.717) is 17.1 Å². The molecule has 3 rings (SSSR count). The third-order valence-corrected chi connectivity index (χ3v) is 3.92. The third kappa shape index (κ3) is 3.51. The Kier molecular flexibility index (Phi) is 4.57. The Morgan fingerprint density at radius 2 is 1.78 bits per heavy atom. The van der Waals surface area contributed by atoms with Gasteiger partial charge in [0.05, 0.1) is 19.2 Å². The molecule has 4 nitrogen and oxygen atoms in total. The van der Waals surface area contributed by atoms with E-state index < -0.39 is 12.2 Å². The van der Waals surface area contributed by atoms with Crippen LogP contribution in [0.2, 0.25) is 0 Å². The van der Waals surface area contributed by atoms with Crippen LogP contribution in [0.3, 0.4) is 0 Å². The molecule has 0 bridgehead atoms. The lowest BCUT2D eigenvalue weighted by molar-refractivity contribution is 0.0673. The molecule has 0 spiro atoms. The van der Waals surface area contributed by atoms with Gasteiger partial charge in [0, 0.05) is 12.0 Å². The first kappa shape index (κ1) is 15.5. The van der Waals surface area contributed by atoms with Crippen LogP contribution in [0.1, 0.15) is 16.8 Å². The maximum atomic E-state index is 13.5. The molecule has 2 atom stereocenters. The summed E-state index contributed by atoms with van der Waals surface area (Å²) >= 11 is 0. The van der Waals surface area contributed by atoms with Crippen LogP contribution >= 0.6 is 0 Å². The highest BCUT2D eigenvalue weighted by Crippen LogP contribution is 2.25. The fraction of sp³-hybridized carbons (Fsp3) is 0.278. The van der Waals surface area contributed by atoms with Crippen molar-refractivity contribution in [3.05, 3.63) is 60.2 Å². The molecule has 2 aromatic carbocycles. The topological polar surface area (TPSA) is 49.8 Å². The number of carbonyl (C=O) groups is 1. The molecule has 0 saturated carbocycles. The first-order valence-corrected chi connectivity index (χ1v) is 7.56. The van der Waals surface area contributed by atoms with E-state index in [1.807, 2.05) is 30.3 Å². The van der Waals surface area contributed by atoms with Crippen LogP contribution in [0, 0.1) is 0 Å². The average Bonchev–Trinajstić information content (AvgIpc) is 2.97. The molecule has 23 heavy (non-hydrogen) atoms. The average molecular weight is 315 g/mol. The van der Waals surface area contributed by atoms with E-state index in [4.69, 9.17) is 4.74 Å². The quantitative estimate of drug-likeness (QED) is 0.943. The summed E-state index contributed by atoms with van der Waals surface area (Å²) in [6.45, 7) is -0.187. The molecule has 1 fully saturated rings. The van der Waals surface area contributed by atoms with E-state index in [1.54, 1.807) is 24.3 Å². The summed E-state index contributed by atoms with van der Waals surface area (Å²) in [5.74, 6) is 1.07. The number of hydrogen-bond acceptors (Lipinski definition) is 3. The highest BCUT2D eigenvalue weighted by Gasteiger charge is 2.35. The SMILES string of the molecule is O=C(c1ccc(Oc2ccccc2)cc1)N1C[C@@H](F)C[C@H]1CO. The van der Waals surface area contributed by atoms with Crippen LogP contribution in [0.4, 0.5) is 4.39 Å². The van der Waals surface area contributed by atoms with Crippen LogP contribution in [-0.2, 0) is 0 Å². The van der Waals surface area contributed by atoms with Crippen LogP contribution in [-0.4, -0.2) is 41.3 Å². The highest BCUT2D eigenvalue weighted by molar-refractivity contribution is 5.94. The predicted molar refractivity (Wildman–Crippen MR) is 84.4 cm³/mol. The Morgan fingerprint density at radius 3 is 2.43 bits per heavy atom. The fourth-order valence-corrected chi connectivity index (χ4v) is 2.74. The fourth-order valence-electron chi connectivity index (χ4n) is 2.74. The Balaban J connectivity index is 1.70. The number of hydrogen-bond donors (Lipinski definition) is 1. The molecule has 1 amide bonds. The maximum absolute atomic E-state index is 13.5. The van der Waals surface area contributed by atoms with Gasteiger partial charge in [0.25, 0.3) is 5.91 Å². The second kappa shape index (κ2) is 6.79. The van der Waals surface area contributed by atoms with E-state index in [1.165, 1.54) is 4.90 Å². The Hall–Kier alpha value is -2.40. The number of amides is 1. The van der Waals surface area contributed by atoms with Gasteiger partial charge in [-0.15, -0.1) is 0 Å². The molecular formula is C18H18FNO3. The number of aliphatic hydroxyl groups is 1. The van der Waals surface area contributed by atoms with Gasteiger partial charge in [-0.05, 0) is 36.4 Å². The minimum atomic E-state index is -1.07. The third-order valence-electron chi connectivity index (χ3n) is 3.92. The number of likely N-dealkylation sites (tertiary alicyclic amines) is 1. The molecule has 0 radical (unpaired) electrons. The zero-order valence-corrected chi connectivity index (χ0v) is 12.6. The zero-order valence-electron chi connectivity index (χ0n) is 12.6. The van der Waals surface area contributed by atoms with E-state index in [-0.39, 0.29) is 25.5 Å². The van der Waals surface area contributed by atoms with Crippen molar-refractivity contribution in [1.82, 2.24) is 4.90 Å². The van der Waals surface area contributed by atoms with Gasteiger partial charge in [-0.3, -0.25) is 4.79 Å². The van der Waals surface area contributed by atoms with E-state index >= 15 is 0 Å². The smallest absolute Gasteiger partial charge is 0.254 e. The van der Waals surface area contributed by atoms with Crippen molar-refractivity contribution in [2.45, 2.75) is 18.6 Å². The number of halogens is 1. The van der Waals surface area contributed by atoms with E-state index in [9.17, 15) is 14.3 Å². The minimum absolute atomic E-state index is 0.0341. The van der Waals surface area contributed by atoms with Gasteiger partial charge >= 0.3 is 0 Å². The van der Waals surface area contributed by atoms with Gasteiger partial charge in [0.15, 0.2) is 0 Å². The number of carbonyl (C=O) groups excluding carboxylic acids is 1. The van der Waals surface area contributed by atoms with Crippen LogP contribution in [0.15, 0.2) is 54.6 Å². The summed E-state index contributed by atoms with van der Waals surface area (Å²) in [5.41, 5.74) is 0.456. The molecule has 0 aliphatic carbocycles. The van der Waals surface area contributed by atoms with Gasteiger partial charge in [0.2, 0.25) is 0 Å². The number of benzene rings is 2. The highest BCUT2D eigenvalue weighted by atomic mass is 19.1. The molecular weight excluding hydrogens is 297 g/mol. The lowest BCUT2D eigenvalue weighted by Gasteiger charge is -2.22.